The lowest BCUT2D eigenvalue weighted by Gasteiger charge is -2.24. The number of amides is 1. The quantitative estimate of drug-likeness (QED) is 0.613. The van der Waals surface area contributed by atoms with Gasteiger partial charge in [0, 0.05) is 5.38 Å². The summed E-state index contributed by atoms with van der Waals surface area (Å²) in [6.07, 6.45) is 1.68. The van der Waals surface area contributed by atoms with Crippen molar-refractivity contribution in [3.63, 3.8) is 0 Å². The number of hydrogen-bond acceptors (Lipinski definition) is 5. The Morgan fingerprint density at radius 2 is 1.63 bits per heavy atom. The summed E-state index contributed by atoms with van der Waals surface area (Å²) in [5, 5.41) is 1.51. The average Bonchev–Trinajstić information content (AvgIpc) is 3.05. The molecule has 2 aromatic carbocycles. The van der Waals surface area contributed by atoms with Gasteiger partial charge in [0.05, 0.1) is 11.4 Å². The first-order valence-electron chi connectivity index (χ1n) is 8.40. The number of fused-ring (bicyclic) bond motifs is 2. The molecule has 27 heavy (non-hydrogen) atoms. The van der Waals surface area contributed by atoms with Gasteiger partial charge < -0.3 is 4.74 Å². The smallest absolute Gasteiger partial charge is 0.358 e. The van der Waals surface area contributed by atoms with Crippen LogP contribution < -0.4 is 4.90 Å². The fourth-order valence-corrected chi connectivity index (χ4v) is 3.89. The van der Waals surface area contributed by atoms with Crippen LogP contribution in [-0.2, 0) is 22.4 Å². The van der Waals surface area contributed by atoms with Crippen molar-refractivity contribution >= 4 is 46.2 Å². The zero-order chi connectivity index (χ0) is 18.8. The summed E-state index contributed by atoms with van der Waals surface area (Å²) in [4.78, 5) is 30.6. The van der Waals surface area contributed by atoms with E-state index in [1.165, 1.54) is 5.38 Å². The van der Waals surface area contributed by atoms with Crippen molar-refractivity contribution < 1.29 is 14.3 Å². The normalized spacial score (nSPS) is 12.7. The Balaban J connectivity index is 1.62. The van der Waals surface area contributed by atoms with Crippen LogP contribution >= 0.6 is 22.9 Å². The molecule has 0 saturated heterocycles. The zero-order valence-corrected chi connectivity index (χ0v) is 15.8. The van der Waals surface area contributed by atoms with Gasteiger partial charge in [0.2, 0.25) is 0 Å². The Morgan fingerprint density at radius 3 is 2.19 bits per heavy atom. The Hall–Kier alpha value is -2.70. The number of aromatic nitrogens is 1. The van der Waals surface area contributed by atoms with E-state index in [2.05, 4.69) is 4.98 Å². The minimum Gasteiger partial charge on any atom is -0.451 e. The molecule has 0 radical (unpaired) electrons. The van der Waals surface area contributed by atoms with E-state index in [4.69, 9.17) is 16.3 Å². The number of esters is 1. The molecule has 2 heterocycles. The molecule has 0 saturated carbocycles. The van der Waals surface area contributed by atoms with Crippen LogP contribution in [0.3, 0.4) is 0 Å². The minimum absolute atomic E-state index is 0.106. The highest BCUT2D eigenvalue weighted by Gasteiger charge is 2.26. The van der Waals surface area contributed by atoms with Crippen LogP contribution in [0.1, 0.15) is 21.6 Å². The first kappa shape index (κ1) is 17.7. The van der Waals surface area contributed by atoms with Crippen molar-refractivity contribution in [2.45, 2.75) is 12.8 Å². The van der Waals surface area contributed by atoms with Crippen molar-refractivity contribution in [2.24, 2.45) is 0 Å². The van der Waals surface area contributed by atoms with E-state index in [-0.39, 0.29) is 22.7 Å². The molecule has 1 aliphatic heterocycles. The van der Waals surface area contributed by atoms with Crippen molar-refractivity contribution in [3.05, 3.63) is 75.2 Å². The van der Waals surface area contributed by atoms with E-state index in [9.17, 15) is 9.59 Å². The van der Waals surface area contributed by atoms with E-state index in [1.807, 2.05) is 48.5 Å². The Labute approximate surface area is 165 Å². The summed E-state index contributed by atoms with van der Waals surface area (Å²) in [7, 11) is 0. The van der Waals surface area contributed by atoms with Crippen LogP contribution in [0.2, 0.25) is 4.47 Å². The molecule has 0 fully saturated rings. The van der Waals surface area contributed by atoms with Gasteiger partial charge in [0.25, 0.3) is 5.91 Å². The SMILES string of the molecule is O=C(OCC(=O)N1c2ccccc2CCc2ccccc21)c1csc(Cl)n1. The van der Waals surface area contributed by atoms with E-state index in [0.717, 1.165) is 46.7 Å². The molecule has 1 aromatic heterocycles. The number of halogens is 1. The van der Waals surface area contributed by atoms with Gasteiger partial charge in [0.1, 0.15) is 0 Å². The second-order valence-corrected chi connectivity index (χ2v) is 7.49. The number of rotatable bonds is 3. The van der Waals surface area contributed by atoms with Gasteiger partial charge in [0.15, 0.2) is 16.8 Å². The van der Waals surface area contributed by atoms with Gasteiger partial charge in [-0.2, -0.15) is 0 Å². The maximum absolute atomic E-state index is 13.0. The topological polar surface area (TPSA) is 59.5 Å². The van der Waals surface area contributed by atoms with E-state index in [0.29, 0.717) is 0 Å². The van der Waals surface area contributed by atoms with Crippen molar-refractivity contribution in [3.8, 4) is 0 Å². The number of ether oxygens (including phenoxy) is 1. The summed E-state index contributed by atoms with van der Waals surface area (Å²) in [5.74, 6) is -0.977. The predicted octanol–water partition coefficient (Wildman–Crippen LogP) is 4.42. The van der Waals surface area contributed by atoms with Gasteiger partial charge in [-0.15, -0.1) is 11.3 Å². The molecule has 4 rings (SSSR count). The molecule has 0 spiro atoms. The highest BCUT2D eigenvalue weighted by Crippen LogP contribution is 2.36. The van der Waals surface area contributed by atoms with Crippen molar-refractivity contribution in [1.82, 2.24) is 4.98 Å². The van der Waals surface area contributed by atoms with Crippen molar-refractivity contribution in [1.29, 1.82) is 0 Å². The molecule has 0 bridgehead atoms. The largest absolute Gasteiger partial charge is 0.451 e. The van der Waals surface area contributed by atoms with E-state index >= 15 is 0 Å². The van der Waals surface area contributed by atoms with E-state index in [1.54, 1.807) is 4.90 Å². The fraction of sp³-hybridized carbons (Fsp3) is 0.150. The van der Waals surface area contributed by atoms with Gasteiger partial charge in [-0.1, -0.05) is 48.0 Å². The molecule has 0 N–H and O–H groups in total. The molecule has 3 aromatic rings. The number of carbonyl (C=O) groups is 2. The summed E-state index contributed by atoms with van der Waals surface area (Å²) in [5.41, 5.74) is 3.91. The summed E-state index contributed by atoms with van der Waals surface area (Å²) in [6, 6.07) is 15.6. The average molecular weight is 399 g/mol. The molecule has 1 amide bonds. The molecule has 136 valence electrons. The number of para-hydroxylation sites is 2. The summed E-state index contributed by atoms with van der Waals surface area (Å²) < 4.78 is 5.44. The number of carbonyl (C=O) groups excluding carboxylic acids is 2. The monoisotopic (exact) mass is 398 g/mol. The molecular formula is C20H15ClN2O3S. The summed E-state index contributed by atoms with van der Waals surface area (Å²) >= 11 is 6.88. The summed E-state index contributed by atoms with van der Waals surface area (Å²) in [6.45, 7) is -0.378. The zero-order valence-electron chi connectivity index (χ0n) is 14.2. The van der Waals surface area contributed by atoms with Gasteiger partial charge in [-0.05, 0) is 36.1 Å². The van der Waals surface area contributed by atoms with Gasteiger partial charge >= 0.3 is 5.97 Å². The number of hydrogen-bond donors (Lipinski definition) is 0. The third-order valence-electron chi connectivity index (χ3n) is 4.39. The molecule has 0 atom stereocenters. The third-order valence-corrected chi connectivity index (χ3v) is 5.37. The minimum atomic E-state index is -0.664. The fourth-order valence-electron chi connectivity index (χ4n) is 3.16. The first-order valence-corrected chi connectivity index (χ1v) is 9.66. The Bertz CT molecular complexity index is 970. The van der Waals surface area contributed by atoms with E-state index < -0.39 is 5.97 Å². The number of nitrogens with zero attached hydrogens (tertiary/aromatic N) is 2. The first-order chi connectivity index (χ1) is 13.1. The molecule has 0 aliphatic carbocycles. The Kier molecular flexibility index (Phi) is 4.92. The molecular weight excluding hydrogens is 384 g/mol. The van der Waals surface area contributed by atoms with Crippen LogP contribution in [0, 0.1) is 0 Å². The maximum atomic E-state index is 13.0. The van der Waals surface area contributed by atoms with Crippen LogP contribution in [-0.4, -0.2) is 23.5 Å². The highest BCUT2D eigenvalue weighted by molar-refractivity contribution is 7.14. The second kappa shape index (κ2) is 7.50. The van der Waals surface area contributed by atoms with Crippen LogP contribution in [0.5, 0.6) is 0 Å². The van der Waals surface area contributed by atoms with Crippen LogP contribution in [0.15, 0.2) is 53.9 Å². The molecule has 5 nitrogen and oxygen atoms in total. The highest BCUT2D eigenvalue weighted by atomic mass is 35.5. The molecule has 1 aliphatic rings. The lowest BCUT2D eigenvalue weighted by atomic mass is 10.0. The second-order valence-electron chi connectivity index (χ2n) is 6.05. The number of thiazole rings is 1. The molecule has 7 heteroatoms. The van der Waals surface area contributed by atoms with Gasteiger partial charge in [-0.3, -0.25) is 9.69 Å². The van der Waals surface area contributed by atoms with Crippen LogP contribution in [0.4, 0.5) is 11.4 Å². The van der Waals surface area contributed by atoms with Crippen LogP contribution in [0.25, 0.3) is 0 Å². The molecule has 0 unspecified atom stereocenters. The lowest BCUT2D eigenvalue weighted by Crippen LogP contribution is -2.31. The standard InChI is InChI=1S/C20H15ClN2O3S/c21-20-22-15(12-27-20)19(25)26-11-18(24)23-16-7-3-1-5-13(16)9-10-14-6-2-4-8-17(14)23/h1-8,12H,9-11H2. The Morgan fingerprint density at radius 1 is 1.04 bits per heavy atom. The van der Waals surface area contributed by atoms with Gasteiger partial charge in [-0.25, -0.2) is 9.78 Å². The predicted molar refractivity (Wildman–Crippen MR) is 105 cm³/mol. The maximum Gasteiger partial charge on any atom is 0.358 e. The number of aryl methyl sites for hydroxylation is 2. The third kappa shape index (κ3) is 3.59. The number of benzene rings is 2. The number of anilines is 2. The lowest BCUT2D eigenvalue weighted by molar-refractivity contribution is -0.121. The van der Waals surface area contributed by atoms with Crippen molar-refractivity contribution in [2.75, 3.05) is 11.5 Å².